The molecule has 1 aliphatic rings. The number of carbonyl (C=O) groups is 1. The minimum Gasteiger partial charge on any atom is -0.493 e. The highest BCUT2D eigenvalue weighted by Crippen LogP contribution is 2.35. The molecule has 0 aromatic heterocycles. The third-order valence-corrected chi connectivity index (χ3v) is 4.44. The minimum atomic E-state index is -0.0249. The number of benzene rings is 2. The predicted octanol–water partition coefficient (Wildman–Crippen LogP) is 2.96. The molecule has 0 bridgehead atoms. The van der Waals surface area contributed by atoms with Crippen molar-refractivity contribution in [3.8, 4) is 5.75 Å². The molecule has 1 unspecified atom stereocenters. The molecule has 2 aromatic rings. The summed E-state index contributed by atoms with van der Waals surface area (Å²) >= 11 is 0. The Labute approximate surface area is 142 Å². The smallest absolute Gasteiger partial charge is 0.223 e. The van der Waals surface area contributed by atoms with Gasteiger partial charge in [-0.2, -0.15) is 0 Å². The van der Waals surface area contributed by atoms with Gasteiger partial charge in [0.2, 0.25) is 5.91 Å². The van der Waals surface area contributed by atoms with Crippen molar-refractivity contribution in [2.24, 2.45) is 0 Å². The number of aliphatic hydroxyl groups excluding tert-OH is 1. The molecule has 1 aliphatic heterocycles. The lowest BCUT2D eigenvalue weighted by Gasteiger charge is -2.28. The van der Waals surface area contributed by atoms with Gasteiger partial charge in [-0.25, -0.2) is 0 Å². The SMILES string of the molecule is O=C(CC1CCOc2ccccc21)N(CCO)Cc1ccccc1. The molecule has 24 heavy (non-hydrogen) atoms. The Kier molecular flexibility index (Phi) is 5.49. The molecule has 4 heteroatoms. The molecule has 0 saturated carbocycles. The van der Waals surface area contributed by atoms with Crippen LogP contribution in [0, 0.1) is 0 Å². The molecule has 3 rings (SSSR count). The summed E-state index contributed by atoms with van der Waals surface area (Å²) in [6, 6.07) is 17.8. The van der Waals surface area contributed by atoms with E-state index in [1.54, 1.807) is 4.90 Å². The first-order valence-electron chi connectivity index (χ1n) is 8.42. The van der Waals surface area contributed by atoms with Crippen LogP contribution in [0.25, 0.3) is 0 Å². The van der Waals surface area contributed by atoms with Gasteiger partial charge in [-0.3, -0.25) is 4.79 Å². The van der Waals surface area contributed by atoms with Crippen LogP contribution in [0.4, 0.5) is 0 Å². The fraction of sp³-hybridized carbons (Fsp3) is 0.350. The van der Waals surface area contributed by atoms with Gasteiger partial charge in [0.1, 0.15) is 5.75 Å². The van der Waals surface area contributed by atoms with Gasteiger partial charge < -0.3 is 14.7 Å². The summed E-state index contributed by atoms with van der Waals surface area (Å²) in [5.41, 5.74) is 2.19. The second-order valence-corrected chi connectivity index (χ2v) is 6.10. The van der Waals surface area contributed by atoms with Gasteiger partial charge in [0.15, 0.2) is 0 Å². The zero-order chi connectivity index (χ0) is 16.8. The normalized spacial score (nSPS) is 16.1. The molecule has 4 nitrogen and oxygen atoms in total. The highest BCUT2D eigenvalue weighted by atomic mass is 16.5. The molecule has 0 saturated heterocycles. The largest absolute Gasteiger partial charge is 0.493 e. The van der Waals surface area contributed by atoms with Crippen LogP contribution < -0.4 is 4.74 Å². The number of nitrogens with zero attached hydrogens (tertiary/aromatic N) is 1. The number of ether oxygens (including phenoxy) is 1. The van der Waals surface area contributed by atoms with Crippen LogP contribution in [0.1, 0.15) is 29.9 Å². The number of fused-ring (bicyclic) bond motifs is 1. The summed E-state index contributed by atoms with van der Waals surface area (Å²) in [5, 5.41) is 9.31. The molecule has 1 atom stereocenters. The van der Waals surface area contributed by atoms with Gasteiger partial charge in [-0.1, -0.05) is 48.5 Å². The number of hydrogen-bond donors (Lipinski definition) is 1. The fourth-order valence-electron chi connectivity index (χ4n) is 3.18. The maximum Gasteiger partial charge on any atom is 0.223 e. The summed E-state index contributed by atoms with van der Waals surface area (Å²) in [5.74, 6) is 1.15. The zero-order valence-corrected chi connectivity index (χ0v) is 13.7. The van der Waals surface area contributed by atoms with Crippen molar-refractivity contribution in [3.05, 3.63) is 65.7 Å². The van der Waals surface area contributed by atoms with E-state index in [2.05, 4.69) is 0 Å². The highest BCUT2D eigenvalue weighted by Gasteiger charge is 2.25. The molecule has 0 radical (unpaired) electrons. The van der Waals surface area contributed by atoms with Gasteiger partial charge in [0.05, 0.1) is 13.2 Å². The Bertz CT molecular complexity index is 672. The summed E-state index contributed by atoms with van der Waals surface area (Å²) < 4.78 is 5.67. The van der Waals surface area contributed by atoms with Crippen molar-refractivity contribution in [2.75, 3.05) is 19.8 Å². The lowest BCUT2D eigenvalue weighted by molar-refractivity contribution is -0.132. The van der Waals surface area contributed by atoms with E-state index < -0.39 is 0 Å². The fourth-order valence-corrected chi connectivity index (χ4v) is 3.18. The topological polar surface area (TPSA) is 49.8 Å². The molecule has 0 spiro atoms. The Morgan fingerprint density at radius 3 is 2.67 bits per heavy atom. The predicted molar refractivity (Wildman–Crippen MR) is 92.9 cm³/mol. The quantitative estimate of drug-likeness (QED) is 0.888. The molecule has 0 fully saturated rings. The lowest BCUT2D eigenvalue weighted by atomic mass is 9.90. The van der Waals surface area contributed by atoms with Crippen LogP contribution in [0.3, 0.4) is 0 Å². The standard InChI is InChI=1S/C20H23NO3/c22-12-11-21(15-16-6-2-1-3-7-16)20(23)14-17-10-13-24-19-9-5-4-8-18(17)19/h1-9,17,22H,10-15H2. The van der Waals surface area contributed by atoms with Gasteiger partial charge >= 0.3 is 0 Å². The maximum atomic E-state index is 12.8. The van der Waals surface area contributed by atoms with Crippen molar-refractivity contribution in [1.29, 1.82) is 0 Å². The van der Waals surface area contributed by atoms with E-state index in [9.17, 15) is 9.90 Å². The van der Waals surface area contributed by atoms with Gasteiger partial charge in [-0.05, 0) is 29.5 Å². The van der Waals surface area contributed by atoms with Crippen LogP contribution in [-0.2, 0) is 11.3 Å². The van der Waals surface area contributed by atoms with Crippen LogP contribution in [0.15, 0.2) is 54.6 Å². The average molecular weight is 325 g/mol. The molecule has 1 amide bonds. The number of hydrogen-bond acceptors (Lipinski definition) is 3. The number of para-hydroxylation sites is 1. The first kappa shape index (κ1) is 16.5. The lowest BCUT2D eigenvalue weighted by Crippen LogP contribution is -2.34. The van der Waals surface area contributed by atoms with E-state index in [1.165, 1.54) is 0 Å². The van der Waals surface area contributed by atoms with Gasteiger partial charge in [0.25, 0.3) is 0 Å². The third-order valence-electron chi connectivity index (χ3n) is 4.44. The molecule has 1 heterocycles. The van der Waals surface area contributed by atoms with Crippen molar-refractivity contribution >= 4 is 5.91 Å². The molecule has 126 valence electrons. The number of rotatable bonds is 6. The van der Waals surface area contributed by atoms with Gasteiger partial charge in [0, 0.05) is 19.5 Å². The van der Waals surface area contributed by atoms with Crippen LogP contribution in [0.5, 0.6) is 5.75 Å². The maximum absolute atomic E-state index is 12.8. The van der Waals surface area contributed by atoms with Crippen LogP contribution in [-0.4, -0.2) is 35.7 Å². The molecule has 2 aromatic carbocycles. The van der Waals surface area contributed by atoms with E-state index in [-0.39, 0.29) is 18.4 Å². The summed E-state index contributed by atoms with van der Waals surface area (Å²) in [6.45, 7) is 1.51. The van der Waals surface area contributed by atoms with Crippen LogP contribution >= 0.6 is 0 Å². The number of carbonyl (C=O) groups excluding carboxylic acids is 1. The molecule has 0 aliphatic carbocycles. The monoisotopic (exact) mass is 325 g/mol. The first-order valence-corrected chi connectivity index (χ1v) is 8.42. The molecular formula is C20H23NO3. The minimum absolute atomic E-state index is 0.0249. The number of amides is 1. The Morgan fingerprint density at radius 1 is 1.12 bits per heavy atom. The second kappa shape index (κ2) is 7.97. The van der Waals surface area contributed by atoms with E-state index in [4.69, 9.17) is 4.74 Å². The van der Waals surface area contributed by atoms with Crippen LogP contribution in [0.2, 0.25) is 0 Å². The summed E-state index contributed by atoms with van der Waals surface area (Å²) in [6.07, 6.45) is 1.30. The Hall–Kier alpha value is -2.33. The van der Waals surface area contributed by atoms with Crippen molar-refractivity contribution in [3.63, 3.8) is 0 Å². The van der Waals surface area contributed by atoms with Crippen molar-refractivity contribution in [1.82, 2.24) is 4.90 Å². The van der Waals surface area contributed by atoms with Gasteiger partial charge in [-0.15, -0.1) is 0 Å². The van der Waals surface area contributed by atoms with E-state index in [0.717, 1.165) is 23.3 Å². The van der Waals surface area contributed by atoms with E-state index in [0.29, 0.717) is 26.1 Å². The zero-order valence-electron chi connectivity index (χ0n) is 13.7. The molecular weight excluding hydrogens is 302 g/mol. The Balaban J connectivity index is 1.70. The third kappa shape index (κ3) is 3.95. The van der Waals surface area contributed by atoms with Crippen molar-refractivity contribution in [2.45, 2.75) is 25.3 Å². The van der Waals surface area contributed by atoms with Crippen molar-refractivity contribution < 1.29 is 14.6 Å². The Morgan fingerprint density at radius 2 is 1.88 bits per heavy atom. The number of aliphatic hydroxyl groups is 1. The second-order valence-electron chi connectivity index (χ2n) is 6.10. The molecule has 1 N–H and O–H groups in total. The summed E-state index contributed by atoms with van der Waals surface area (Å²) in [4.78, 5) is 14.5. The summed E-state index contributed by atoms with van der Waals surface area (Å²) in [7, 11) is 0. The van der Waals surface area contributed by atoms with E-state index in [1.807, 2.05) is 54.6 Å². The van der Waals surface area contributed by atoms with E-state index >= 15 is 0 Å². The highest BCUT2D eigenvalue weighted by molar-refractivity contribution is 5.77. The first-order chi connectivity index (χ1) is 11.8. The average Bonchev–Trinajstić information content (AvgIpc) is 2.62.